The van der Waals surface area contributed by atoms with E-state index in [1.165, 1.54) is 11.3 Å². The summed E-state index contributed by atoms with van der Waals surface area (Å²) in [7, 11) is 4.97. The van der Waals surface area contributed by atoms with Crippen molar-refractivity contribution >= 4 is 34.0 Å². The number of rotatable bonds is 12. The van der Waals surface area contributed by atoms with Crippen molar-refractivity contribution in [2.45, 2.75) is 25.1 Å². The van der Waals surface area contributed by atoms with E-state index in [1.54, 1.807) is 32.8 Å². The SMILES string of the molecule is COCCNC(=O)c1cc(CN2CCOC[C@@H]2COC)ccc1NC(=O)c1csc(N2CC[C@H](OC)C2)n1. The highest BCUT2D eigenvalue weighted by molar-refractivity contribution is 7.14. The maximum atomic E-state index is 13.1. The summed E-state index contributed by atoms with van der Waals surface area (Å²) in [5, 5.41) is 8.29. The van der Waals surface area contributed by atoms with Crippen LogP contribution in [-0.2, 0) is 25.5 Å². The second-order valence-electron chi connectivity index (χ2n) is 9.35. The molecule has 0 spiro atoms. The average Bonchev–Trinajstić information content (AvgIpc) is 3.61. The lowest BCUT2D eigenvalue weighted by Crippen LogP contribution is -2.47. The van der Waals surface area contributed by atoms with Crippen molar-refractivity contribution in [1.82, 2.24) is 15.2 Å². The van der Waals surface area contributed by atoms with Crippen LogP contribution >= 0.6 is 11.3 Å². The molecule has 2 N–H and O–H groups in total. The van der Waals surface area contributed by atoms with E-state index >= 15 is 0 Å². The number of amides is 2. The Labute approximate surface area is 227 Å². The summed E-state index contributed by atoms with van der Waals surface area (Å²) in [6, 6.07) is 5.68. The molecule has 38 heavy (non-hydrogen) atoms. The van der Waals surface area contributed by atoms with Crippen molar-refractivity contribution in [2.24, 2.45) is 0 Å². The van der Waals surface area contributed by atoms with Crippen LogP contribution in [0.1, 0.15) is 32.8 Å². The third-order valence-electron chi connectivity index (χ3n) is 6.74. The standard InChI is InChI=1S/C26H37N5O6S/c1-34-10-7-27-24(32)21-12-18(13-30-9-11-37-16-19(30)15-35-2)4-5-22(21)28-25(33)23-17-38-26(29-23)31-8-6-20(14-31)36-3/h4-5,12,17,19-20H,6-11,13-16H2,1-3H3,(H,27,32)(H,28,33)/t19-,20-/m0/s1. The number of thiazole rings is 1. The lowest BCUT2D eigenvalue weighted by atomic mass is 10.1. The highest BCUT2D eigenvalue weighted by atomic mass is 32.1. The molecule has 2 aliphatic rings. The molecule has 2 aromatic rings. The van der Waals surface area contributed by atoms with Crippen molar-refractivity contribution in [3.8, 4) is 0 Å². The Morgan fingerprint density at radius 1 is 1.18 bits per heavy atom. The van der Waals surface area contributed by atoms with Gasteiger partial charge in [0, 0.05) is 59.4 Å². The molecular weight excluding hydrogens is 510 g/mol. The zero-order chi connectivity index (χ0) is 26.9. The smallest absolute Gasteiger partial charge is 0.275 e. The molecule has 0 saturated carbocycles. The zero-order valence-corrected chi connectivity index (χ0v) is 23.1. The maximum Gasteiger partial charge on any atom is 0.275 e. The minimum Gasteiger partial charge on any atom is -0.383 e. The van der Waals surface area contributed by atoms with Crippen LogP contribution in [0.2, 0.25) is 0 Å². The number of aromatic nitrogens is 1. The number of hydrogen-bond acceptors (Lipinski definition) is 10. The zero-order valence-electron chi connectivity index (χ0n) is 22.2. The molecule has 1 aromatic carbocycles. The fourth-order valence-corrected chi connectivity index (χ4v) is 5.46. The van der Waals surface area contributed by atoms with E-state index in [0.717, 1.165) is 36.8 Å². The van der Waals surface area contributed by atoms with Gasteiger partial charge < -0.3 is 34.5 Å². The summed E-state index contributed by atoms with van der Waals surface area (Å²) in [6.07, 6.45) is 1.11. The third-order valence-corrected chi connectivity index (χ3v) is 7.64. The van der Waals surface area contributed by atoms with Gasteiger partial charge in [-0.1, -0.05) is 6.07 Å². The Kier molecular flexibility index (Phi) is 10.4. The molecule has 11 nitrogen and oxygen atoms in total. The van der Waals surface area contributed by atoms with Gasteiger partial charge in [-0.05, 0) is 24.1 Å². The summed E-state index contributed by atoms with van der Waals surface area (Å²) in [6.45, 7) is 5.58. The van der Waals surface area contributed by atoms with Gasteiger partial charge in [0.05, 0.1) is 49.8 Å². The predicted octanol–water partition coefficient (Wildman–Crippen LogP) is 1.84. The number of methoxy groups -OCH3 is 3. The van der Waals surface area contributed by atoms with Crippen molar-refractivity contribution < 1.29 is 28.5 Å². The topological polar surface area (TPSA) is 114 Å². The van der Waals surface area contributed by atoms with Gasteiger partial charge in [0.15, 0.2) is 5.13 Å². The minimum atomic E-state index is -0.359. The van der Waals surface area contributed by atoms with Gasteiger partial charge in [0.25, 0.3) is 11.8 Å². The first-order valence-corrected chi connectivity index (χ1v) is 13.7. The molecule has 208 valence electrons. The van der Waals surface area contributed by atoms with Crippen molar-refractivity contribution in [3.63, 3.8) is 0 Å². The van der Waals surface area contributed by atoms with Gasteiger partial charge in [-0.2, -0.15) is 0 Å². The Balaban J connectivity index is 1.49. The first-order chi connectivity index (χ1) is 18.5. The van der Waals surface area contributed by atoms with E-state index in [4.69, 9.17) is 18.9 Å². The molecule has 2 aliphatic heterocycles. The fraction of sp³-hybridized carbons (Fsp3) is 0.577. The van der Waals surface area contributed by atoms with Crippen LogP contribution in [0.3, 0.4) is 0 Å². The number of benzene rings is 1. The van der Waals surface area contributed by atoms with Crippen molar-refractivity contribution in [2.75, 3.05) is 84.2 Å². The molecule has 12 heteroatoms. The molecule has 0 bridgehead atoms. The van der Waals surface area contributed by atoms with Crippen LogP contribution in [0.4, 0.5) is 10.8 Å². The quantitative estimate of drug-likeness (QED) is 0.384. The number of carbonyl (C=O) groups is 2. The van der Waals surface area contributed by atoms with Gasteiger partial charge in [0.2, 0.25) is 0 Å². The lowest BCUT2D eigenvalue weighted by molar-refractivity contribution is -0.0387. The Morgan fingerprint density at radius 2 is 2.05 bits per heavy atom. The first kappa shape index (κ1) is 28.4. The number of hydrogen-bond donors (Lipinski definition) is 2. The largest absolute Gasteiger partial charge is 0.383 e. The van der Waals surface area contributed by atoms with Crippen LogP contribution in [0.15, 0.2) is 23.6 Å². The predicted molar refractivity (Wildman–Crippen MR) is 145 cm³/mol. The van der Waals surface area contributed by atoms with Gasteiger partial charge in [-0.3, -0.25) is 14.5 Å². The molecule has 4 rings (SSSR count). The number of anilines is 2. The molecule has 2 fully saturated rings. The van der Waals surface area contributed by atoms with E-state index in [2.05, 4.69) is 25.4 Å². The summed E-state index contributed by atoms with van der Waals surface area (Å²) in [4.78, 5) is 35.2. The molecule has 2 saturated heterocycles. The molecule has 1 aromatic heterocycles. The van der Waals surface area contributed by atoms with E-state index in [9.17, 15) is 9.59 Å². The van der Waals surface area contributed by atoms with Crippen molar-refractivity contribution in [1.29, 1.82) is 0 Å². The normalized spacial score (nSPS) is 20.0. The van der Waals surface area contributed by atoms with E-state index in [1.807, 2.05) is 12.1 Å². The van der Waals surface area contributed by atoms with Crippen LogP contribution < -0.4 is 15.5 Å². The van der Waals surface area contributed by atoms with Crippen molar-refractivity contribution in [3.05, 3.63) is 40.4 Å². The van der Waals surface area contributed by atoms with E-state index < -0.39 is 0 Å². The first-order valence-electron chi connectivity index (χ1n) is 12.8. The second-order valence-corrected chi connectivity index (χ2v) is 10.2. The van der Waals surface area contributed by atoms with Crippen LogP contribution in [0, 0.1) is 0 Å². The molecule has 0 unspecified atom stereocenters. The lowest BCUT2D eigenvalue weighted by Gasteiger charge is -2.35. The Bertz CT molecular complexity index is 1080. The van der Waals surface area contributed by atoms with E-state index in [0.29, 0.717) is 56.5 Å². The van der Waals surface area contributed by atoms with Crippen LogP contribution in [0.25, 0.3) is 0 Å². The van der Waals surface area contributed by atoms with Gasteiger partial charge in [0.1, 0.15) is 5.69 Å². The molecule has 2 amide bonds. The Hall–Kier alpha value is -2.61. The summed E-state index contributed by atoms with van der Waals surface area (Å²) >= 11 is 1.43. The number of nitrogens with one attached hydrogen (secondary N) is 2. The maximum absolute atomic E-state index is 13.1. The fourth-order valence-electron chi connectivity index (χ4n) is 4.62. The van der Waals surface area contributed by atoms with Gasteiger partial charge in [-0.25, -0.2) is 4.98 Å². The molecule has 2 atom stereocenters. The Morgan fingerprint density at radius 3 is 2.82 bits per heavy atom. The number of nitrogens with zero attached hydrogens (tertiary/aromatic N) is 3. The number of carbonyl (C=O) groups excluding carboxylic acids is 2. The number of ether oxygens (including phenoxy) is 4. The summed E-state index contributed by atoms with van der Waals surface area (Å²) in [5.74, 6) is -0.640. The molecule has 3 heterocycles. The monoisotopic (exact) mass is 547 g/mol. The number of morpholine rings is 1. The van der Waals surface area contributed by atoms with Crippen LogP contribution in [-0.4, -0.2) is 108 Å². The molecule has 0 radical (unpaired) electrons. The highest BCUT2D eigenvalue weighted by Crippen LogP contribution is 2.27. The minimum absolute atomic E-state index is 0.140. The van der Waals surface area contributed by atoms with E-state index in [-0.39, 0.29) is 24.0 Å². The van der Waals surface area contributed by atoms with Gasteiger partial charge in [-0.15, -0.1) is 11.3 Å². The summed E-state index contributed by atoms with van der Waals surface area (Å²) in [5.41, 5.74) is 2.10. The second kappa shape index (κ2) is 14.0. The molecule has 0 aliphatic carbocycles. The van der Waals surface area contributed by atoms with Crippen LogP contribution in [0.5, 0.6) is 0 Å². The third kappa shape index (κ3) is 7.28. The molecular formula is C26H37N5O6S. The summed E-state index contributed by atoms with van der Waals surface area (Å²) < 4.78 is 21.5. The van der Waals surface area contributed by atoms with Gasteiger partial charge >= 0.3 is 0 Å². The highest BCUT2D eigenvalue weighted by Gasteiger charge is 2.26. The average molecular weight is 548 g/mol.